The van der Waals surface area contributed by atoms with E-state index in [0.29, 0.717) is 0 Å². The summed E-state index contributed by atoms with van der Waals surface area (Å²) in [6, 6.07) is 19.0. The standard InChI is InChI=1S/C18H23NO/c1-3-19(17-12-7-13-18(15-17)20-2)14-8-11-16-9-5-4-6-10-16/h4-7,9-10,12-13,15H,3,8,11,14H2,1-2H3. The molecular weight excluding hydrogens is 246 g/mol. The molecular formula is C18H23NO. The van der Waals surface area contributed by atoms with E-state index in [0.717, 1.165) is 31.7 Å². The van der Waals surface area contributed by atoms with Crippen LogP contribution in [0.15, 0.2) is 54.6 Å². The predicted molar refractivity (Wildman–Crippen MR) is 85.6 cm³/mol. The van der Waals surface area contributed by atoms with Gasteiger partial charge in [-0.05, 0) is 37.5 Å². The van der Waals surface area contributed by atoms with Crippen LogP contribution in [0.1, 0.15) is 18.9 Å². The molecule has 0 spiro atoms. The number of hydrogen-bond donors (Lipinski definition) is 0. The Morgan fingerprint density at radius 3 is 2.50 bits per heavy atom. The summed E-state index contributed by atoms with van der Waals surface area (Å²) in [5.74, 6) is 0.920. The molecule has 0 saturated carbocycles. The fourth-order valence-corrected chi connectivity index (χ4v) is 2.40. The number of ether oxygens (including phenoxy) is 1. The van der Waals surface area contributed by atoms with E-state index in [4.69, 9.17) is 4.74 Å². The third kappa shape index (κ3) is 4.02. The van der Waals surface area contributed by atoms with E-state index >= 15 is 0 Å². The minimum absolute atomic E-state index is 0.920. The van der Waals surface area contributed by atoms with Crippen LogP contribution in [0.2, 0.25) is 0 Å². The van der Waals surface area contributed by atoms with Crippen LogP contribution >= 0.6 is 0 Å². The summed E-state index contributed by atoms with van der Waals surface area (Å²) in [5, 5.41) is 0. The molecule has 0 aliphatic carbocycles. The van der Waals surface area contributed by atoms with Gasteiger partial charge in [0.1, 0.15) is 5.75 Å². The van der Waals surface area contributed by atoms with Gasteiger partial charge in [0.2, 0.25) is 0 Å². The molecule has 0 unspecified atom stereocenters. The molecule has 0 amide bonds. The van der Waals surface area contributed by atoms with Crippen LogP contribution in [-0.2, 0) is 6.42 Å². The molecule has 0 fully saturated rings. The predicted octanol–water partition coefficient (Wildman–Crippen LogP) is 4.15. The second-order valence-electron chi connectivity index (χ2n) is 4.87. The molecule has 0 heterocycles. The van der Waals surface area contributed by atoms with Crippen LogP contribution in [0.5, 0.6) is 5.75 Å². The Morgan fingerprint density at radius 1 is 1.00 bits per heavy atom. The molecule has 2 aromatic rings. The summed E-state index contributed by atoms with van der Waals surface area (Å²) in [5.41, 5.74) is 2.65. The first kappa shape index (κ1) is 14.4. The lowest BCUT2D eigenvalue weighted by Crippen LogP contribution is -2.24. The van der Waals surface area contributed by atoms with Gasteiger partial charge in [0.05, 0.1) is 7.11 Å². The van der Waals surface area contributed by atoms with Crippen LogP contribution in [0.25, 0.3) is 0 Å². The molecule has 0 radical (unpaired) electrons. The lowest BCUT2D eigenvalue weighted by atomic mass is 10.1. The number of nitrogens with zero attached hydrogens (tertiary/aromatic N) is 1. The molecule has 0 saturated heterocycles. The summed E-state index contributed by atoms with van der Waals surface area (Å²) in [6.07, 6.45) is 2.29. The zero-order chi connectivity index (χ0) is 14.2. The molecule has 0 atom stereocenters. The lowest BCUT2D eigenvalue weighted by Gasteiger charge is -2.23. The summed E-state index contributed by atoms with van der Waals surface area (Å²) < 4.78 is 5.30. The summed E-state index contributed by atoms with van der Waals surface area (Å²) in [7, 11) is 1.71. The zero-order valence-corrected chi connectivity index (χ0v) is 12.4. The molecule has 2 aromatic carbocycles. The maximum absolute atomic E-state index is 5.30. The van der Waals surface area contributed by atoms with Crippen molar-refractivity contribution < 1.29 is 4.74 Å². The third-order valence-electron chi connectivity index (χ3n) is 3.54. The molecule has 0 aliphatic heterocycles. The molecule has 2 heteroatoms. The van der Waals surface area contributed by atoms with Gasteiger partial charge in [-0.3, -0.25) is 0 Å². The molecule has 2 nitrogen and oxygen atoms in total. The molecule has 106 valence electrons. The first-order chi connectivity index (χ1) is 9.83. The Kier molecular flexibility index (Phi) is 5.48. The van der Waals surface area contributed by atoms with Crippen molar-refractivity contribution >= 4 is 5.69 Å². The molecule has 0 bridgehead atoms. The van der Waals surface area contributed by atoms with Gasteiger partial charge in [-0.1, -0.05) is 36.4 Å². The van der Waals surface area contributed by atoms with E-state index in [1.807, 2.05) is 12.1 Å². The van der Waals surface area contributed by atoms with Crippen molar-refractivity contribution in [1.29, 1.82) is 0 Å². The fourth-order valence-electron chi connectivity index (χ4n) is 2.40. The van der Waals surface area contributed by atoms with Gasteiger partial charge < -0.3 is 9.64 Å². The number of methoxy groups -OCH3 is 1. The van der Waals surface area contributed by atoms with Crippen LogP contribution in [0, 0.1) is 0 Å². The summed E-state index contributed by atoms with van der Waals surface area (Å²) in [4.78, 5) is 2.39. The van der Waals surface area contributed by atoms with E-state index < -0.39 is 0 Å². The van der Waals surface area contributed by atoms with Crippen molar-refractivity contribution in [3.63, 3.8) is 0 Å². The first-order valence-corrected chi connectivity index (χ1v) is 7.26. The highest BCUT2D eigenvalue weighted by Crippen LogP contribution is 2.21. The average Bonchev–Trinajstić information content (AvgIpc) is 2.52. The topological polar surface area (TPSA) is 12.5 Å². The van der Waals surface area contributed by atoms with Crippen molar-refractivity contribution in [2.75, 3.05) is 25.1 Å². The normalized spacial score (nSPS) is 10.3. The van der Waals surface area contributed by atoms with Gasteiger partial charge in [-0.15, -0.1) is 0 Å². The molecule has 0 aliphatic rings. The summed E-state index contributed by atoms with van der Waals surface area (Å²) >= 11 is 0. The monoisotopic (exact) mass is 269 g/mol. The number of aryl methyl sites for hydroxylation is 1. The van der Waals surface area contributed by atoms with Gasteiger partial charge >= 0.3 is 0 Å². The van der Waals surface area contributed by atoms with Gasteiger partial charge in [-0.2, -0.15) is 0 Å². The number of rotatable bonds is 7. The van der Waals surface area contributed by atoms with Gasteiger partial charge in [0.15, 0.2) is 0 Å². The Morgan fingerprint density at radius 2 is 1.80 bits per heavy atom. The van der Waals surface area contributed by atoms with E-state index in [1.54, 1.807) is 7.11 Å². The SMILES string of the molecule is CCN(CCCc1ccccc1)c1cccc(OC)c1. The largest absolute Gasteiger partial charge is 0.497 e. The van der Waals surface area contributed by atoms with Crippen LogP contribution < -0.4 is 9.64 Å². The molecule has 0 aromatic heterocycles. The summed E-state index contributed by atoms with van der Waals surface area (Å²) in [6.45, 7) is 4.28. The van der Waals surface area contributed by atoms with Gasteiger partial charge in [0, 0.05) is 24.8 Å². The second-order valence-corrected chi connectivity index (χ2v) is 4.87. The number of anilines is 1. The van der Waals surface area contributed by atoms with E-state index in [-0.39, 0.29) is 0 Å². The lowest BCUT2D eigenvalue weighted by molar-refractivity contribution is 0.415. The van der Waals surface area contributed by atoms with Crippen molar-refractivity contribution in [3.8, 4) is 5.75 Å². The van der Waals surface area contributed by atoms with Crippen molar-refractivity contribution in [3.05, 3.63) is 60.2 Å². The molecule has 0 N–H and O–H groups in total. The van der Waals surface area contributed by atoms with Gasteiger partial charge in [-0.25, -0.2) is 0 Å². The highest BCUT2D eigenvalue weighted by molar-refractivity contribution is 5.50. The highest BCUT2D eigenvalue weighted by Gasteiger charge is 2.05. The van der Waals surface area contributed by atoms with Crippen molar-refractivity contribution in [2.24, 2.45) is 0 Å². The Balaban J connectivity index is 1.91. The van der Waals surface area contributed by atoms with E-state index in [1.165, 1.54) is 11.3 Å². The maximum atomic E-state index is 5.30. The Labute approximate surface area is 122 Å². The number of benzene rings is 2. The van der Waals surface area contributed by atoms with Crippen molar-refractivity contribution in [2.45, 2.75) is 19.8 Å². The van der Waals surface area contributed by atoms with Gasteiger partial charge in [0.25, 0.3) is 0 Å². The Hall–Kier alpha value is -1.96. The first-order valence-electron chi connectivity index (χ1n) is 7.26. The third-order valence-corrected chi connectivity index (χ3v) is 3.54. The molecule has 20 heavy (non-hydrogen) atoms. The number of hydrogen-bond acceptors (Lipinski definition) is 2. The fraction of sp³-hybridized carbons (Fsp3) is 0.333. The maximum Gasteiger partial charge on any atom is 0.120 e. The highest BCUT2D eigenvalue weighted by atomic mass is 16.5. The smallest absolute Gasteiger partial charge is 0.120 e. The van der Waals surface area contributed by atoms with E-state index in [2.05, 4.69) is 54.3 Å². The van der Waals surface area contributed by atoms with Crippen molar-refractivity contribution in [1.82, 2.24) is 0 Å². The zero-order valence-electron chi connectivity index (χ0n) is 12.4. The van der Waals surface area contributed by atoms with E-state index in [9.17, 15) is 0 Å². The second kappa shape index (κ2) is 7.59. The van der Waals surface area contributed by atoms with Crippen LogP contribution in [0.3, 0.4) is 0 Å². The Bertz CT molecular complexity index is 510. The average molecular weight is 269 g/mol. The van der Waals surface area contributed by atoms with Crippen LogP contribution in [-0.4, -0.2) is 20.2 Å². The minimum Gasteiger partial charge on any atom is -0.497 e. The quantitative estimate of drug-likeness (QED) is 0.748. The minimum atomic E-state index is 0.920. The van der Waals surface area contributed by atoms with Crippen LogP contribution in [0.4, 0.5) is 5.69 Å². The molecule has 2 rings (SSSR count).